The van der Waals surface area contributed by atoms with Crippen LogP contribution in [0.3, 0.4) is 0 Å². The Hall–Kier alpha value is -1.88. The fraction of sp³-hybridized carbons (Fsp3) is 0.556. The Morgan fingerprint density at radius 3 is 2.57 bits per heavy atom. The third kappa shape index (κ3) is 10.5. The maximum Gasteiger partial charge on any atom is 0.330 e. The molecule has 0 unspecified atom stereocenters. The first-order valence-electron chi connectivity index (χ1n) is 7.87. The van der Waals surface area contributed by atoms with Crippen molar-refractivity contribution in [3.63, 3.8) is 0 Å². The number of ether oxygens (including phenoxy) is 1. The summed E-state index contributed by atoms with van der Waals surface area (Å²) < 4.78 is 4.48. The number of esters is 1. The molecule has 0 bridgehead atoms. The molecule has 2 N–H and O–H groups in total. The average molecular weight is 323 g/mol. The Bertz CT molecular complexity index is 452. The van der Waals surface area contributed by atoms with E-state index in [1.54, 1.807) is 0 Å². The fourth-order valence-electron chi connectivity index (χ4n) is 2.07. The molecule has 23 heavy (non-hydrogen) atoms. The summed E-state index contributed by atoms with van der Waals surface area (Å²) in [6, 6.07) is -0.991. The summed E-state index contributed by atoms with van der Waals surface area (Å²) in [4.78, 5) is 22.9. The van der Waals surface area contributed by atoms with Crippen LogP contribution in [0.25, 0.3) is 0 Å². The largest absolute Gasteiger partial charge is 0.467 e. The monoisotopic (exact) mass is 323 g/mol. The summed E-state index contributed by atoms with van der Waals surface area (Å²) in [5, 5.41) is 11.5. The van der Waals surface area contributed by atoms with Crippen molar-refractivity contribution in [1.29, 1.82) is 0 Å². The molecule has 0 aromatic rings. The second-order valence-electron chi connectivity index (χ2n) is 5.44. The van der Waals surface area contributed by atoms with Gasteiger partial charge in [0.15, 0.2) is 6.04 Å². The maximum absolute atomic E-state index is 11.7. The number of carbonyl (C=O) groups is 2. The molecule has 5 heteroatoms. The lowest BCUT2D eigenvalue weighted by Gasteiger charge is -2.13. The van der Waals surface area contributed by atoms with Gasteiger partial charge in [0.25, 0.3) is 0 Å². The zero-order chi connectivity index (χ0) is 17.7. The predicted molar refractivity (Wildman–Crippen MR) is 91.8 cm³/mol. The van der Waals surface area contributed by atoms with Gasteiger partial charge in [-0.1, -0.05) is 42.9 Å². The Morgan fingerprint density at radius 2 is 2.00 bits per heavy atom. The van der Waals surface area contributed by atoms with Crippen LogP contribution in [0.15, 0.2) is 36.0 Å². The number of carbonyl (C=O) groups excluding carboxylic acids is 2. The van der Waals surface area contributed by atoms with E-state index in [1.807, 2.05) is 25.2 Å². The molecule has 5 nitrogen and oxygen atoms in total. The van der Waals surface area contributed by atoms with E-state index in [4.69, 9.17) is 5.11 Å². The van der Waals surface area contributed by atoms with E-state index in [0.29, 0.717) is 12.3 Å². The number of allylic oxidation sites excluding steroid dienone is 6. The van der Waals surface area contributed by atoms with Crippen LogP contribution in [0, 0.1) is 5.92 Å². The highest BCUT2D eigenvalue weighted by Gasteiger charge is 2.19. The second-order valence-corrected chi connectivity index (χ2v) is 5.44. The molecule has 130 valence electrons. The summed E-state index contributed by atoms with van der Waals surface area (Å²) in [7, 11) is 1.22. The van der Waals surface area contributed by atoms with Crippen molar-refractivity contribution in [2.75, 3.05) is 13.7 Å². The molecule has 0 saturated heterocycles. The smallest absolute Gasteiger partial charge is 0.330 e. The molecule has 0 radical (unpaired) electrons. The van der Waals surface area contributed by atoms with E-state index in [1.165, 1.54) is 12.7 Å². The Labute approximate surface area is 139 Å². The molecule has 0 heterocycles. The van der Waals surface area contributed by atoms with Gasteiger partial charge in [-0.2, -0.15) is 0 Å². The summed E-state index contributed by atoms with van der Waals surface area (Å²) in [5.41, 5.74) is 1.28. The number of rotatable bonds is 10. The lowest BCUT2D eigenvalue weighted by atomic mass is 10.1. The quantitative estimate of drug-likeness (QED) is 0.478. The highest BCUT2D eigenvalue weighted by atomic mass is 16.5. The molecule has 0 saturated carbocycles. The number of aliphatic hydroxyl groups excluding tert-OH is 1. The zero-order valence-corrected chi connectivity index (χ0v) is 14.5. The molecule has 2 atom stereocenters. The third-order valence-electron chi connectivity index (χ3n) is 3.19. The van der Waals surface area contributed by atoms with E-state index in [2.05, 4.69) is 36.1 Å². The van der Waals surface area contributed by atoms with Gasteiger partial charge < -0.3 is 15.2 Å². The first-order valence-corrected chi connectivity index (χ1v) is 7.87. The van der Waals surface area contributed by atoms with Gasteiger partial charge in [-0.3, -0.25) is 4.79 Å². The molecule has 0 spiro atoms. The van der Waals surface area contributed by atoms with E-state index >= 15 is 0 Å². The Kier molecular flexibility index (Phi) is 11.6. The summed E-state index contributed by atoms with van der Waals surface area (Å²) in [6.07, 6.45) is 12.1. The lowest BCUT2D eigenvalue weighted by Crippen LogP contribution is -2.43. The minimum atomic E-state index is -0.991. The van der Waals surface area contributed by atoms with Crippen LogP contribution in [0.5, 0.6) is 0 Å². The average Bonchev–Trinajstić information content (AvgIpc) is 2.51. The SMILES string of the molecule is C/C=C/[C@H](C)/C=C(/C)C/C=C/CCC(=O)N[C@@H](CO)C(=O)OC. The first kappa shape index (κ1) is 21.1. The van der Waals surface area contributed by atoms with Crippen LogP contribution in [0.4, 0.5) is 0 Å². The molecule has 0 fully saturated rings. The standard InChI is InChI=1S/C18H29NO4/c1-5-9-14(2)12-15(3)10-7-6-8-11-17(21)19-16(13-20)18(22)23-4/h5-7,9,12,14,16,20H,8,10-11,13H2,1-4H3,(H,19,21)/b7-6+,9-5+,15-12-/t14-,16-/m0/s1. The molecule has 0 aliphatic rings. The molecule has 1 amide bonds. The number of hydrogen-bond donors (Lipinski definition) is 2. The normalized spacial score (nSPS) is 14.9. The minimum absolute atomic E-state index is 0.266. The van der Waals surface area contributed by atoms with Crippen LogP contribution >= 0.6 is 0 Å². The summed E-state index contributed by atoms with van der Waals surface area (Å²) in [6.45, 7) is 5.75. The maximum atomic E-state index is 11.7. The number of amides is 1. The summed E-state index contributed by atoms with van der Waals surface area (Å²) >= 11 is 0. The van der Waals surface area contributed by atoms with Gasteiger partial charge in [0.2, 0.25) is 5.91 Å². The van der Waals surface area contributed by atoms with E-state index in [-0.39, 0.29) is 12.3 Å². The van der Waals surface area contributed by atoms with Gasteiger partial charge in [0.1, 0.15) is 0 Å². The molecule has 0 aliphatic heterocycles. The topological polar surface area (TPSA) is 75.6 Å². The van der Waals surface area contributed by atoms with Gasteiger partial charge in [-0.25, -0.2) is 4.79 Å². The highest BCUT2D eigenvalue weighted by molar-refractivity contribution is 5.84. The van der Waals surface area contributed by atoms with Crippen LogP contribution in [-0.2, 0) is 14.3 Å². The van der Waals surface area contributed by atoms with Crippen molar-refractivity contribution in [3.05, 3.63) is 36.0 Å². The lowest BCUT2D eigenvalue weighted by molar-refractivity contribution is -0.146. The number of hydrogen-bond acceptors (Lipinski definition) is 4. The van der Waals surface area contributed by atoms with Gasteiger partial charge in [0.05, 0.1) is 13.7 Å². The van der Waals surface area contributed by atoms with Crippen LogP contribution in [0.1, 0.15) is 40.0 Å². The van der Waals surface area contributed by atoms with Crippen molar-refractivity contribution in [2.24, 2.45) is 5.92 Å². The second kappa shape index (κ2) is 12.6. The molecule has 0 rings (SSSR count). The van der Waals surface area contributed by atoms with Crippen LogP contribution in [0.2, 0.25) is 0 Å². The number of nitrogens with one attached hydrogen (secondary N) is 1. The molecule has 0 aromatic heterocycles. The van der Waals surface area contributed by atoms with Crippen molar-refractivity contribution in [1.82, 2.24) is 5.32 Å². The minimum Gasteiger partial charge on any atom is -0.467 e. The van der Waals surface area contributed by atoms with E-state index in [0.717, 1.165) is 6.42 Å². The van der Waals surface area contributed by atoms with Gasteiger partial charge in [-0.05, 0) is 32.6 Å². The predicted octanol–water partition coefficient (Wildman–Crippen LogP) is 2.52. The van der Waals surface area contributed by atoms with Gasteiger partial charge in [-0.15, -0.1) is 0 Å². The molecular weight excluding hydrogens is 294 g/mol. The van der Waals surface area contributed by atoms with Crippen LogP contribution in [-0.4, -0.2) is 36.7 Å². The number of methoxy groups -OCH3 is 1. The Balaban J connectivity index is 4.10. The van der Waals surface area contributed by atoms with Crippen molar-refractivity contribution in [3.8, 4) is 0 Å². The molecule has 0 aliphatic carbocycles. The van der Waals surface area contributed by atoms with Crippen molar-refractivity contribution >= 4 is 11.9 Å². The highest BCUT2D eigenvalue weighted by Crippen LogP contribution is 2.09. The fourth-order valence-corrected chi connectivity index (χ4v) is 2.07. The van der Waals surface area contributed by atoms with E-state index < -0.39 is 18.6 Å². The van der Waals surface area contributed by atoms with Crippen LogP contribution < -0.4 is 5.32 Å². The third-order valence-corrected chi connectivity index (χ3v) is 3.19. The van der Waals surface area contributed by atoms with Gasteiger partial charge in [0, 0.05) is 6.42 Å². The van der Waals surface area contributed by atoms with Crippen molar-refractivity contribution < 1.29 is 19.4 Å². The molecular formula is C18H29NO4. The first-order chi connectivity index (χ1) is 10.9. The molecule has 0 aromatic carbocycles. The zero-order valence-electron chi connectivity index (χ0n) is 14.5. The summed E-state index contributed by atoms with van der Waals surface area (Å²) in [5.74, 6) is -0.506. The van der Waals surface area contributed by atoms with Gasteiger partial charge >= 0.3 is 5.97 Å². The number of aliphatic hydroxyl groups is 1. The Morgan fingerprint density at radius 1 is 1.30 bits per heavy atom. The van der Waals surface area contributed by atoms with E-state index in [9.17, 15) is 9.59 Å². The van der Waals surface area contributed by atoms with Crippen molar-refractivity contribution in [2.45, 2.75) is 46.1 Å².